The third-order valence-corrected chi connectivity index (χ3v) is 2.94. The lowest BCUT2D eigenvalue weighted by atomic mass is 9.86. The summed E-state index contributed by atoms with van der Waals surface area (Å²) in [6, 6.07) is 0. The molecule has 0 amide bonds. The molecule has 0 aromatic heterocycles. The van der Waals surface area contributed by atoms with Crippen LogP contribution in [0.1, 0.15) is 38.5 Å². The quantitative estimate of drug-likeness (QED) is 0.523. The van der Waals surface area contributed by atoms with Crippen molar-refractivity contribution in [1.82, 2.24) is 0 Å². The van der Waals surface area contributed by atoms with Gasteiger partial charge in [-0.1, -0.05) is 12.8 Å². The van der Waals surface area contributed by atoms with Gasteiger partial charge in [0.1, 0.15) is 0 Å². The van der Waals surface area contributed by atoms with Gasteiger partial charge in [0.2, 0.25) is 0 Å². The van der Waals surface area contributed by atoms with Gasteiger partial charge in [-0.2, -0.15) is 0 Å². The average Bonchev–Trinajstić information content (AvgIpc) is 2.07. The Balaban J connectivity index is 2.13. The largest absolute Gasteiger partial charge is 0.390 e. The van der Waals surface area contributed by atoms with E-state index in [-0.39, 0.29) is 5.60 Å². The van der Waals surface area contributed by atoms with Crippen LogP contribution in [0.3, 0.4) is 0 Å². The first-order valence-electron chi connectivity index (χ1n) is 4.01. The standard InChI is InChI=1S/C8H14O/c9-8-4-1-2-7(6-8)3-5-8/h7,9H,1-6H2/t7-,8+/m0/s1. The Morgan fingerprint density at radius 1 is 1.22 bits per heavy atom. The Bertz CT molecular complexity index is 118. The summed E-state index contributed by atoms with van der Waals surface area (Å²) in [6.45, 7) is 0. The van der Waals surface area contributed by atoms with E-state index in [1.165, 1.54) is 19.3 Å². The summed E-state index contributed by atoms with van der Waals surface area (Å²) in [5.74, 6) is 0.878. The van der Waals surface area contributed by atoms with Gasteiger partial charge in [0.25, 0.3) is 0 Å². The van der Waals surface area contributed by atoms with Gasteiger partial charge >= 0.3 is 0 Å². The van der Waals surface area contributed by atoms with Crippen molar-refractivity contribution in [2.24, 2.45) is 5.92 Å². The first-order chi connectivity index (χ1) is 4.29. The fraction of sp³-hybridized carbons (Fsp3) is 1.00. The van der Waals surface area contributed by atoms with Crippen molar-refractivity contribution >= 4 is 0 Å². The Kier molecular flexibility index (Phi) is 1.10. The van der Waals surface area contributed by atoms with Gasteiger partial charge < -0.3 is 5.11 Å². The lowest BCUT2D eigenvalue weighted by Gasteiger charge is -2.26. The van der Waals surface area contributed by atoms with Crippen LogP contribution in [0.4, 0.5) is 0 Å². The minimum atomic E-state index is -0.205. The summed E-state index contributed by atoms with van der Waals surface area (Å²) in [7, 11) is 0. The van der Waals surface area contributed by atoms with Gasteiger partial charge in [0.15, 0.2) is 0 Å². The second kappa shape index (κ2) is 1.72. The van der Waals surface area contributed by atoms with Crippen molar-refractivity contribution in [2.45, 2.75) is 44.1 Å². The zero-order valence-electron chi connectivity index (χ0n) is 5.77. The molecule has 1 heteroatoms. The van der Waals surface area contributed by atoms with Crippen molar-refractivity contribution in [1.29, 1.82) is 0 Å². The molecule has 2 fully saturated rings. The second-order valence-electron chi connectivity index (χ2n) is 3.73. The Morgan fingerprint density at radius 2 is 2.11 bits per heavy atom. The topological polar surface area (TPSA) is 20.2 Å². The van der Waals surface area contributed by atoms with Gasteiger partial charge in [-0.3, -0.25) is 0 Å². The van der Waals surface area contributed by atoms with Crippen LogP contribution in [-0.4, -0.2) is 10.7 Å². The third-order valence-electron chi connectivity index (χ3n) is 2.94. The Morgan fingerprint density at radius 3 is 2.78 bits per heavy atom. The number of hydrogen-bond donors (Lipinski definition) is 1. The van der Waals surface area contributed by atoms with Crippen molar-refractivity contribution in [3.63, 3.8) is 0 Å². The minimum Gasteiger partial charge on any atom is -0.390 e. The Hall–Kier alpha value is -0.0400. The molecule has 0 unspecified atom stereocenters. The minimum absolute atomic E-state index is 0.205. The molecule has 0 aromatic rings. The van der Waals surface area contributed by atoms with Crippen LogP contribution in [-0.2, 0) is 0 Å². The molecule has 2 bridgehead atoms. The molecule has 0 heterocycles. The summed E-state index contributed by atoms with van der Waals surface area (Å²) < 4.78 is 0. The molecule has 2 atom stereocenters. The fourth-order valence-corrected chi connectivity index (χ4v) is 2.41. The van der Waals surface area contributed by atoms with Crippen LogP contribution in [0.25, 0.3) is 0 Å². The molecule has 2 saturated carbocycles. The van der Waals surface area contributed by atoms with E-state index in [9.17, 15) is 5.11 Å². The Labute approximate surface area is 56.1 Å². The molecule has 2 aliphatic carbocycles. The third kappa shape index (κ3) is 0.877. The van der Waals surface area contributed by atoms with E-state index in [1.807, 2.05) is 0 Å². The predicted octanol–water partition coefficient (Wildman–Crippen LogP) is 1.70. The molecule has 2 rings (SSSR count). The van der Waals surface area contributed by atoms with Crippen LogP contribution in [0.2, 0.25) is 0 Å². The normalized spacial score (nSPS) is 49.7. The predicted molar refractivity (Wildman–Crippen MR) is 36.1 cm³/mol. The highest BCUT2D eigenvalue weighted by molar-refractivity contribution is 4.92. The highest BCUT2D eigenvalue weighted by atomic mass is 16.3. The molecule has 9 heavy (non-hydrogen) atoms. The maximum atomic E-state index is 9.72. The molecule has 2 aliphatic rings. The molecule has 52 valence electrons. The lowest BCUT2D eigenvalue weighted by Crippen LogP contribution is -2.27. The number of hydrogen-bond acceptors (Lipinski definition) is 1. The fourth-order valence-electron chi connectivity index (χ4n) is 2.41. The summed E-state index contributed by atoms with van der Waals surface area (Å²) in [6.07, 6.45) is 7.19. The van der Waals surface area contributed by atoms with Crippen LogP contribution >= 0.6 is 0 Å². The molecule has 0 radical (unpaired) electrons. The van der Waals surface area contributed by atoms with E-state index < -0.39 is 0 Å². The smallest absolute Gasteiger partial charge is 0.0650 e. The van der Waals surface area contributed by atoms with Gasteiger partial charge in [-0.25, -0.2) is 0 Å². The molecule has 1 N–H and O–H groups in total. The number of rotatable bonds is 0. The van der Waals surface area contributed by atoms with E-state index in [1.54, 1.807) is 0 Å². The first-order valence-corrected chi connectivity index (χ1v) is 4.01. The van der Waals surface area contributed by atoms with Crippen molar-refractivity contribution in [3.05, 3.63) is 0 Å². The van der Waals surface area contributed by atoms with E-state index in [0.717, 1.165) is 25.2 Å². The molecule has 0 aliphatic heterocycles. The average molecular weight is 126 g/mol. The monoisotopic (exact) mass is 126 g/mol. The van der Waals surface area contributed by atoms with E-state index in [0.29, 0.717) is 0 Å². The maximum Gasteiger partial charge on any atom is 0.0650 e. The van der Waals surface area contributed by atoms with Gasteiger partial charge in [-0.15, -0.1) is 0 Å². The van der Waals surface area contributed by atoms with Crippen LogP contribution in [0, 0.1) is 5.92 Å². The van der Waals surface area contributed by atoms with E-state index in [4.69, 9.17) is 0 Å². The SMILES string of the molecule is O[C@]12CCC[C@@H](CC1)C2. The van der Waals surface area contributed by atoms with E-state index in [2.05, 4.69) is 0 Å². The molecule has 0 spiro atoms. The van der Waals surface area contributed by atoms with Crippen molar-refractivity contribution < 1.29 is 5.11 Å². The molecular formula is C8H14O. The van der Waals surface area contributed by atoms with E-state index >= 15 is 0 Å². The maximum absolute atomic E-state index is 9.72. The van der Waals surface area contributed by atoms with Gasteiger partial charge in [-0.05, 0) is 31.6 Å². The van der Waals surface area contributed by atoms with Crippen LogP contribution in [0.15, 0.2) is 0 Å². The zero-order valence-corrected chi connectivity index (χ0v) is 5.77. The molecule has 1 nitrogen and oxygen atoms in total. The number of fused-ring (bicyclic) bond motifs is 2. The first kappa shape index (κ1) is 5.72. The van der Waals surface area contributed by atoms with Gasteiger partial charge in [0, 0.05) is 0 Å². The molecule has 0 saturated heterocycles. The van der Waals surface area contributed by atoms with Crippen molar-refractivity contribution in [2.75, 3.05) is 0 Å². The molecular weight excluding hydrogens is 112 g/mol. The van der Waals surface area contributed by atoms with Gasteiger partial charge in [0.05, 0.1) is 5.60 Å². The lowest BCUT2D eigenvalue weighted by molar-refractivity contribution is 0.0194. The van der Waals surface area contributed by atoms with Crippen LogP contribution < -0.4 is 0 Å². The summed E-state index contributed by atoms with van der Waals surface area (Å²) in [5, 5.41) is 9.72. The highest BCUT2D eigenvalue weighted by Gasteiger charge is 2.39. The van der Waals surface area contributed by atoms with Crippen molar-refractivity contribution in [3.8, 4) is 0 Å². The summed E-state index contributed by atoms with van der Waals surface area (Å²) in [5.41, 5.74) is -0.205. The summed E-state index contributed by atoms with van der Waals surface area (Å²) in [4.78, 5) is 0. The number of aliphatic hydroxyl groups is 1. The second-order valence-corrected chi connectivity index (χ2v) is 3.73. The van der Waals surface area contributed by atoms with Crippen LogP contribution in [0.5, 0.6) is 0 Å². The summed E-state index contributed by atoms with van der Waals surface area (Å²) >= 11 is 0. The highest BCUT2D eigenvalue weighted by Crippen LogP contribution is 2.44. The zero-order chi connectivity index (χ0) is 6.32. The molecule has 0 aromatic carbocycles.